The molecular weight excluding hydrogens is 380 g/mol. The normalized spacial score (nSPS) is 12.4. The monoisotopic (exact) mass is 398 g/mol. The van der Waals surface area contributed by atoms with Crippen LogP contribution in [0.25, 0.3) is 15.7 Å². The fraction of sp³-hybridized carbons (Fsp3) is 0.211. The third kappa shape index (κ3) is 3.50. The van der Waals surface area contributed by atoms with Gasteiger partial charge in [-0.2, -0.15) is 0 Å². The van der Waals surface area contributed by atoms with Gasteiger partial charge in [0.2, 0.25) is 5.91 Å². The summed E-state index contributed by atoms with van der Waals surface area (Å²) in [5.74, 6) is 0.644. The zero-order chi connectivity index (χ0) is 18.8. The second-order valence-corrected chi connectivity index (χ2v) is 8.08. The number of thiophene rings is 1. The summed E-state index contributed by atoms with van der Waals surface area (Å²) in [6.07, 6.45) is 2.39. The van der Waals surface area contributed by atoms with Gasteiger partial charge in [0.1, 0.15) is 17.1 Å². The Morgan fingerprint density at radius 1 is 1.33 bits per heavy atom. The molecule has 0 aliphatic rings. The molecule has 1 N–H and O–H groups in total. The van der Waals surface area contributed by atoms with E-state index in [-0.39, 0.29) is 11.2 Å². The van der Waals surface area contributed by atoms with Gasteiger partial charge in [-0.05, 0) is 36.1 Å². The number of nitrogens with zero attached hydrogens (tertiary/aromatic N) is 3. The van der Waals surface area contributed by atoms with E-state index in [0.29, 0.717) is 17.9 Å². The fourth-order valence-corrected chi connectivity index (χ4v) is 4.66. The Morgan fingerprint density at radius 2 is 2.22 bits per heavy atom. The third-order valence-electron chi connectivity index (χ3n) is 4.25. The molecular formula is C19H18N4O2S2. The summed E-state index contributed by atoms with van der Waals surface area (Å²) in [6.45, 7) is 1.99. The van der Waals surface area contributed by atoms with Crippen molar-refractivity contribution in [3.05, 3.63) is 48.1 Å². The van der Waals surface area contributed by atoms with Crippen molar-refractivity contribution >= 4 is 50.4 Å². The third-order valence-corrected chi connectivity index (χ3v) is 6.45. The minimum absolute atomic E-state index is 0.0621. The molecule has 3 heterocycles. The molecule has 0 bridgehead atoms. The topological polar surface area (TPSA) is 68.5 Å². The molecule has 1 amide bonds. The van der Waals surface area contributed by atoms with Gasteiger partial charge in [-0.25, -0.2) is 0 Å². The van der Waals surface area contributed by atoms with Crippen LogP contribution in [0, 0.1) is 0 Å². The minimum Gasteiger partial charge on any atom is -0.497 e. The van der Waals surface area contributed by atoms with Crippen molar-refractivity contribution in [1.82, 2.24) is 14.6 Å². The highest BCUT2D eigenvalue weighted by molar-refractivity contribution is 8.00. The predicted molar refractivity (Wildman–Crippen MR) is 110 cm³/mol. The quantitative estimate of drug-likeness (QED) is 0.486. The number of carbonyl (C=O) groups is 1. The summed E-state index contributed by atoms with van der Waals surface area (Å²) in [7, 11) is 1.60. The first-order valence-corrected chi connectivity index (χ1v) is 10.3. The predicted octanol–water partition coefficient (Wildman–Crippen LogP) is 4.46. The summed E-state index contributed by atoms with van der Waals surface area (Å²) < 4.78 is 8.41. The van der Waals surface area contributed by atoms with E-state index < -0.39 is 0 Å². The molecule has 8 heteroatoms. The average molecular weight is 399 g/mol. The number of hydrogen-bond donors (Lipinski definition) is 1. The number of fused-ring (bicyclic) bond motifs is 3. The van der Waals surface area contributed by atoms with E-state index in [2.05, 4.69) is 33.0 Å². The van der Waals surface area contributed by atoms with Crippen LogP contribution in [0.4, 0.5) is 5.69 Å². The molecule has 0 unspecified atom stereocenters. The lowest BCUT2D eigenvalue weighted by Crippen LogP contribution is -2.24. The molecule has 0 spiro atoms. The highest BCUT2D eigenvalue weighted by Gasteiger charge is 2.21. The number of amides is 1. The van der Waals surface area contributed by atoms with Crippen LogP contribution < -0.4 is 10.1 Å². The van der Waals surface area contributed by atoms with E-state index in [1.54, 1.807) is 30.8 Å². The molecule has 1 atom stereocenters. The SMILES string of the molecule is CC[C@H](Sc1nncn2c1cc1sccc12)C(=O)Nc1cccc(OC)c1. The maximum atomic E-state index is 12.8. The molecule has 0 radical (unpaired) electrons. The molecule has 0 aliphatic heterocycles. The van der Waals surface area contributed by atoms with Crippen LogP contribution in [0.2, 0.25) is 0 Å². The molecule has 0 aliphatic carbocycles. The Hall–Kier alpha value is -2.58. The number of rotatable bonds is 6. The van der Waals surface area contributed by atoms with Gasteiger partial charge in [-0.3, -0.25) is 9.20 Å². The Morgan fingerprint density at radius 3 is 3.04 bits per heavy atom. The van der Waals surface area contributed by atoms with Gasteiger partial charge in [0.15, 0.2) is 0 Å². The number of nitrogens with one attached hydrogen (secondary N) is 1. The molecule has 27 heavy (non-hydrogen) atoms. The number of aromatic nitrogens is 3. The standard InChI is InChI=1S/C19H18N4O2S2/c1-3-16(18(24)21-12-5-4-6-13(9-12)25-2)27-19-15-10-17-14(7-8-26-17)23(15)11-20-22-19/h4-11,16H,3H2,1-2H3,(H,21,24)/t16-/m0/s1. The summed E-state index contributed by atoms with van der Waals surface area (Å²) >= 11 is 3.12. The van der Waals surface area contributed by atoms with Crippen LogP contribution in [-0.4, -0.2) is 32.9 Å². The highest BCUT2D eigenvalue weighted by Crippen LogP contribution is 2.32. The van der Waals surface area contributed by atoms with E-state index in [1.165, 1.54) is 16.5 Å². The zero-order valence-corrected chi connectivity index (χ0v) is 16.5. The Labute approximate surface area is 164 Å². The van der Waals surface area contributed by atoms with Crippen LogP contribution in [0.5, 0.6) is 5.75 Å². The van der Waals surface area contributed by atoms with Crippen molar-refractivity contribution < 1.29 is 9.53 Å². The van der Waals surface area contributed by atoms with Crippen molar-refractivity contribution in [3.8, 4) is 5.75 Å². The lowest BCUT2D eigenvalue weighted by molar-refractivity contribution is -0.115. The Kier molecular flexibility index (Phi) is 5.00. The first kappa shape index (κ1) is 17.8. The number of thioether (sulfide) groups is 1. The van der Waals surface area contributed by atoms with Gasteiger partial charge in [-0.15, -0.1) is 21.5 Å². The lowest BCUT2D eigenvalue weighted by atomic mass is 10.2. The van der Waals surface area contributed by atoms with E-state index >= 15 is 0 Å². The number of hydrogen-bond acceptors (Lipinski definition) is 6. The summed E-state index contributed by atoms with van der Waals surface area (Å²) in [6, 6.07) is 11.5. The van der Waals surface area contributed by atoms with Crippen LogP contribution >= 0.6 is 23.1 Å². The van der Waals surface area contributed by atoms with Crippen molar-refractivity contribution in [1.29, 1.82) is 0 Å². The maximum absolute atomic E-state index is 12.8. The number of ether oxygens (including phenoxy) is 1. The first-order chi connectivity index (χ1) is 13.2. The van der Waals surface area contributed by atoms with Crippen molar-refractivity contribution in [3.63, 3.8) is 0 Å². The van der Waals surface area contributed by atoms with E-state index in [9.17, 15) is 4.79 Å². The molecule has 4 rings (SSSR count). The molecule has 0 saturated carbocycles. The molecule has 138 valence electrons. The number of methoxy groups -OCH3 is 1. The second kappa shape index (κ2) is 7.58. The zero-order valence-electron chi connectivity index (χ0n) is 14.9. The maximum Gasteiger partial charge on any atom is 0.237 e. The molecule has 0 fully saturated rings. The largest absolute Gasteiger partial charge is 0.497 e. The lowest BCUT2D eigenvalue weighted by Gasteiger charge is -2.15. The molecule has 3 aromatic heterocycles. The van der Waals surface area contributed by atoms with Gasteiger partial charge in [-0.1, -0.05) is 24.8 Å². The summed E-state index contributed by atoms with van der Waals surface area (Å²) in [5.41, 5.74) is 2.80. The van der Waals surface area contributed by atoms with Crippen LogP contribution in [0.3, 0.4) is 0 Å². The van der Waals surface area contributed by atoms with Crippen molar-refractivity contribution in [2.45, 2.75) is 23.6 Å². The van der Waals surface area contributed by atoms with Crippen LogP contribution in [0.15, 0.2) is 53.1 Å². The van der Waals surface area contributed by atoms with E-state index in [1.807, 2.05) is 29.5 Å². The summed E-state index contributed by atoms with van der Waals surface area (Å²) in [4.78, 5) is 12.8. The molecule has 4 aromatic rings. The number of benzene rings is 1. The first-order valence-electron chi connectivity index (χ1n) is 8.51. The smallest absolute Gasteiger partial charge is 0.237 e. The highest BCUT2D eigenvalue weighted by atomic mass is 32.2. The molecule has 0 saturated heterocycles. The van der Waals surface area contributed by atoms with E-state index in [0.717, 1.165) is 16.1 Å². The Bertz CT molecular complexity index is 1110. The number of carbonyl (C=O) groups excluding carboxylic acids is 1. The number of anilines is 1. The van der Waals surface area contributed by atoms with Gasteiger partial charge in [0.05, 0.1) is 28.1 Å². The van der Waals surface area contributed by atoms with E-state index in [4.69, 9.17) is 4.74 Å². The average Bonchev–Trinajstić information content (AvgIpc) is 3.28. The van der Waals surface area contributed by atoms with Crippen LogP contribution in [-0.2, 0) is 4.79 Å². The van der Waals surface area contributed by atoms with Crippen LogP contribution in [0.1, 0.15) is 13.3 Å². The van der Waals surface area contributed by atoms with Crippen molar-refractivity contribution in [2.75, 3.05) is 12.4 Å². The minimum atomic E-state index is -0.273. The molecule has 6 nitrogen and oxygen atoms in total. The Balaban J connectivity index is 1.58. The van der Waals surface area contributed by atoms with Gasteiger partial charge in [0, 0.05) is 11.8 Å². The summed E-state index contributed by atoms with van der Waals surface area (Å²) in [5, 5.41) is 13.9. The van der Waals surface area contributed by atoms with Crippen molar-refractivity contribution in [2.24, 2.45) is 0 Å². The fourth-order valence-electron chi connectivity index (χ4n) is 2.88. The van der Waals surface area contributed by atoms with Gasteiger partial charge >= 0.3 is 0 Å². The second-order valence-electron chi connectivity index (χ2n) is 5.94. The van der Waals surface area contributed by atoms with Gasteiger partial charge in [0.25, 0.3) is 0 Å². The van der Waals surface area contributed by atoms with Gasteiger partial charge < -0.3 is 10.1 Å². The molecule has 1 aromatic carbocycles.